The van der Waals surface area contributed by atoms with Crippen LogP contribution < -0.4 is 16.2 Å². The van der Waals surface area contributed by atoms with Crippen LogP contribution in [0.1, 0.15) is 16.1 Å². The number of benzene rings is 1. The molecule has 0 saturated heterocycles. The number of hydrogen-bond donors (Lipinski definition) is 3. The molecule has 3 aromatic rings. The van der Waals surface area contributed by atoms with Crippen molar-refractivity contribution in [2.75, 3.05) is 10.6 Å². The number of nitrogens with zero attached hydrogens (tertiary/aromatic N) is 1. The molecule has 0 aliphatic carbocycles. The monoisotopic (exact) mass is 372 g/mol. The van der Waals surface area contributed by atoms with E-state index in [1.807, 2.05) is 0 Å². The fraction of sp³-hybridized carbons (Fsp3) is 0.0588. The van der Waals surface area contributed by atoms with E-state index < -0.39 is 11.5 Å². The Hall–Kier alpha value is -3.33. The Labute approximate surface area is 150 Å². The van der Waals surface area contributed by atoms with Gasteiger partial charge in [0.1, 0.15) is 11.4 Å². The number of H-pyrrole nitrogens is 1. The first kappa shape index (κ1) is 17.5. The fourth-order valence-electron chi connectivity index (χ4n) is 2.11. The maximum absolute atomic E-state index is 12.8. The number of anilines is 2. The molecule has 1 aromatic carbocycles. The Kier molecular flexibility index (Phi) is 5.18. The lowest BCUT2D eigenvalue weighted by Crippen LogP contribution is -2.22. The quantitative estimate of drug-likeness (QED) is 0.640. The van der Waals surface area contributed by atoms with Crippen molar-refractivity contribution in [1.29, 1.82) is 0 Å². The van der Waals surface area contributed by atoms with E-state index in [1.54, 1.807) is 11.4 Å². The van der Waals surface area contributed by atoms with Crippen LogP contribution in [0.5, 0.6) is 0 Å². The highest BCUT2D eigenvalue weighted by Gasteiger charge is 2.13. The zero-order valence-corrected chi connectivity index (χ0v) is 14.1. The third-order valence-electron chi connectivity index (χ3n) is 3.30. The normalized spacial score (nSPS) is 10.3. The topological polar surface area (TPSA) is 104 Å². The molecular weight excluding hydrogens is 359 g/mol. The number of amides is 2. The van der Waals surface area contributed by atoms with E-state index in [-0.39, 0.29) is 28.8 Å². The number of carbonyl (C=O) groups is 2. The smallest absolute Gasteiger partial charge is 0.263 e. The SMILES string of the molecule is O=C(Cc1csc(NC(=O)c2ccc[nH]c2=O)n1)Nc1ccc(F)cc1. The number of aromatic amines is 1. The summed E-state index contributed by atoms with van der Waals surface area (Å²) < 4.78 is 12.8. The van der Waals surface area contributed by atoms with E-state index in [2.05, 4.69) is 20.6 Å². The van der Waals surface area contributed by atoms with Crippen molar-refractivity contribution in [3.8, 4) is 0 Å². The molecule has 2 heterocycles. The van der Waals surface area contributed by atoms with Gasteiger partial charge in [0, 0.05) is 17.3 Å². The number of hydrogen-bond acceptors (Lipinski definition) is 5. The zero-order valence-electron chi connectivity index (χ0n) is 13.3. The minimum Gasteiger partial charge on any atom is -0.328 e. The first-order chi connectivity index (χ1) is 12.5. The molecule has 3 N–H and O–H groups in total. The van der Waals surface area contributed by atoms with Crippen molar-refractivity contribution in [3.63, 3.8) is 0 Å². The molecule has 9 heteroatoms. The Morgan fingerprint density at radius 3 is 2.65 bits per heavy atom. The summed E-state index contributed by atoms with van der Waals surface area (Å²) in [7, 11) is 0. The number of rotatable bonds is 5. The van der Waals surface area contributed by atoms with Gasteiger partial charge in [-0.2, -0.15) is 0 Å². The Balaban J connectivity index is 1.60. The summed E-state index contributed by atoms with van der Waals surface area (Å²) in [5, 5.41) is 7.07. The van der Waals surface area contributed by atoms with Gasteiger partial charge >= 0.3 is 0 Å². The van der Waals surface area contributed by atoms with Crippen molar-refractivity contribution < 1.29 is 14.0 Å². The van der Waals surface area contributed by atoms with Gasteiger partial charge in [-0.25, -0.2) is 9.37 Å². The lowest BCUT2D eigenvalue weighted by Gasteiger charge is -2.03. The van der Waals surface area contributed by atoms with Gasteiger partial charge in [0.15, 0.2) is 5.13 Å². The second kappa shape index (κ2) is 7.70. The van der Waals surface area contributed by atoms with Gasteiger partial charge in [-0.05, 0) is 36.4 Å². The first-order valence-corrected chi connectivity index (χ1v) is 8.38. The van der Waals surface area contributed by atoms with Gasteiger partial charge in [0.05, 0.1) is 12.1 Å². The van der Waals surface area contributed by atoms with Crippen LogP contribution >= 0.6 is 11.3 Å². The van der Waals surface area contributed by atoms with Crippen molar-refractivity contribution in [1.82, 2.24) is 9.97 Å². The Morgan fingerprint density at radius 1 is 1.15 bits per heavy atom. The minimum absolute atomic E-state index is 0.00430. The van der Waals surface area contributed by atoms with Crippen molar-refractivity contribution in [2.24, 2.45) is 0 Å². The predicted molar refractivity (Wildman–Crippen MR) is 95.9 cm³/mol. The molecular formula is C17H13FN4O3S. The van der Waals surface area contributed by atoms with E-state index in [1.165, 1.54) is 36.5 Å². The van der Waals surface area contributed by atoms with E-state index in [0.29, 0.717) is 11.4 Å². The maximum Gasteiger partial charge on any atom is 0.263 e. The van der Waals surface area contributed by atoms with Gasteiger partial charge in [0.25, 0.3) is 11.5 Å². The van der Waals surface area contributed by atoms with Crippen LogP contribution in [0.4, 0.5) is 15.2 Å². The predicted octanol–water partition coefficient (Wildman–Crippen LogP) is 2.40. The molecule has 26 heavy (non-hydrogen) atoms. The van der Waals surface area contributed by atoms with Gasteiger partial charge in [-0.3, -0.25) is 19.7 Å². The number of aromatic nitrogens is 2. The maximum atomic E-state index is 12.8. The highest BCUT2D eigenvalue weighted by Crippen LogP contribution is 2.17. The minimum atomic E-state index is -0.580. The summed E-state index contributed by atoms with van der Waals surface area (Å²) >= 11 is 1.14. The fourth-order valence-corrected chi connectivity index (χ4v) is 2.82. The average Bonchev–Trinajstić information content (AvgIpc) is 3.04. The average molecular weight is 372 g/mol. The molecule has 0 aliphatic heterocycles. The number of thiazole rings is 1. The molecule has 132 valence electrons. The summed E-state index contributed by atoms with van der Waals surface area (Å²) in [4.78, 5) is 42.2. The number of nitrogens with one attached hydrogen (secondary N) is 3. The summed E-state index contributed by atoms with van der Waals surface area (Å²) in [6, 6.07) is 8.35. The second-order valence-corrected chi connectivity index (χ2v) is 6.10. The number of carbonyl (C=O) groups excluding carboxylic acids is 2. The molecule has 0 unspecified atom stereocenters. The zero-order chi connectivity index (χ0) is 18.5. The highest BCUT2D eigenvalue weighted by atomic mass is 32.1. The summed E-state index contributed by atoms with van der Waals surface area (Å²) in [6.45, 7) is 0. The largest absolute Gasteiger partial charge is 0.328 e. The standard InChI is InChI=1S/C17H13FN4O3S/c18-10-3-5-11(6-4-10)20-14(23)8-12-9-26-17(21-12)22-16(25)13-2-1-7-19-15(13)24/h1-7,9H,8H2,(H,19,24)(H,20,23)(H,21,22,25). The van der Waals surface area contributed by atoms with Crippen LogP contribution in [-0.2, 0) is 11.2 Å². The van der Waals surface area contributed by atoms with E-state index in [9.17, 15) is 18.8 Å². The highest BCUT2D eigenvalue weighted by molar-refractivity contribution is 7.14. The van der Waals surface area contributed by atoms with Crippen molar-refractivity contribution in [2.45, 2.75) is 6.42 Å². The molecule has 2 amide bonds. The van der Waals surface area contributed by atoms with E-state index >= 15 is 0 Å². The molecule has 0 spiro atoms. The molecule has 0 radical (unpaired) electrons. The van der Waals surface area contributed by atoms with Gasteiger partial charge < -0.3 is 10.3 Å². The molecule has 0 fully saturated rings. The van der Waals surface area contributed by atoms with E-state index in [0.717, 1.165) is 11.3 Å². The molecule has 0 aliphatic rings. The van der Waals surface area contributed by atoms with Crippen LogP contribution in [0, 0.1) is 5.82 Å². The third kappa shape index (κ3) is 4.39. The van der Waals surface area contributed by atoms with Crippen LogP contribution in [0.25, 0.3) is 0 Å². The second-order valence-electron chi connectivity index (χ2n) is 5.24. The Morgan fingerprint density at radius 2 is 1.92 bits per heavy atom. The lowest BCUT2D eigenvalue weighted by molar-refractivity contribution is -0.115. The van der Waals surface area contributed by atoms with Crippen LogP contribution in [0.3, 0.4) is 0 Å². The van der Waals surface area contributed by atoms with Crippen LogP contribution in [0.15, 0.2) is 52.8 Å². The van der Waals surface area contributed by atoms with Gasteiger partial charge in [0.2, 0.25) is 5.91 Å². The molecule has 0 atom stereocenters. The molecule has 0 saturated carbocycles. The van der Waals surface area contributed by atoms with Crippen molar-refractivity contribution in [3.05, 3.63) is 75.4 Å². The van der Waals surface area contributed by atoms with Crippen molar-refractivity contribution >= 4 is 34.0 Å². The molecule has 0 bridgehead atoms. The third-order valence-corrected chi connectivity index (χ3v) is 4.11. The lowest BCUT2D eigenvalue weighted by atomic mass is 10.2. The molecule has 2 aromatic heterocycles. The summed E-state index contributed by atoms with van der Waals surface area (Å²) in [6.07, 6.45) is 1.43. The summed E-state index contributed by atoms with van der Waals surface area (Å²) in [5.41, 5.74) is 0.411. The number of halogens is 1. The Bertz CT molecular complexity index is 997. The van der Waals surface area contributed by atoms with E-state index in [4.69, 9.17) is 0 Å². The number of pyridine rings is 1. The molecule has 3 rings (SSSR count). The summed E-state index contributed by atoms with van der Waals surface area (Å²) in [5.74, 6) is -1.29. The first-order valence-electron chi connectivity index (χ1n) is 7.50. The van der Waals surface area contributed by atoms with Crippen LogP contribution in [-0.4, -0.2) is 21.8 Å². The van der Waals surface area contributed by atoms with Crippen LogP contribution in [0.2, 0.25) is 0 Å². The van der Waals surface area contributed by atoms with Gasteiger partial charge in [-0.15, -0.1) is 11.3 Å². The molecule has 7 nitrogen and oxygen atoms in total. The van der Waals surface area contributed by atoms with Gasteiger partial charge in [-0.1, -0.05) is 0 Å².